The Morgan fingerprint density at radius 3 is 2.64 bits per heavy atom. The van der Waals surface area contributed by atoms with Gasteiger partial charge in [0.1, 0.15) is 0 Å². The summed E-state index contributed by atoms with van der Waals surface area (Å²) in [7, 11) is 5.67. The zero-order chi connectivity index (χ0) is 17.9. The molecule has 0 heterocycles. The van der Waals surface area contributed by atoms with Gasteiger partial charge in [-0.25, -0.2) is 0 Å². The first kappa shape index (κ1) is 19.2. The van der Waals surface area contributed by atoms with Crippen molar-refractivity contribution in [3.63, 3.8) is 0 Å². The van der Waals surface area contributed by atoms with Gasteiger partial charge < -0.3 is 20.3 Å². The number of aliphatic imine (C=N–C) groups is 1. The molecule has 0 amide bonds. The van der Waals surface area contributed by atoms with Gasteiger partial charge in [0.05, 0.1) is 0 Å². The Morgan fingerprint density at radius 2 is 1.88 bits per heavy atom. The summed E-state index contributed by atoms with van der Waals surface area (Å²) in [4.78, 5) is 6.59. The molecule has 0 aliphatic carbocycles. The number of hydrogen-bond donors (Lipinski definition) is 2. The molecule has 2 N–H and O–H groups in total. The number of methoxy groups -OCH3 is 1. The molecule has 136 valence electrons. The second kappa shape index (κ2) is 10.7. The van der Waals surface area contributed by atoms with Gasteiger partial charge in [0.25, 0.3) is 0 Å². The van der Waals surface area contributed by atoms with E-state index in [1.807, 2.05) is 0 Å². The summed E-state index contributed by atoms with van der Waals surface area (Å²) in [5.74, 6) is 0.832. The van der Waals surface area contributed by atoms with E-state index in [2.05, 4.69) is 70.0 Å². The molecule has 0 aliphatic heterocycles. The van der Waals surface area contributed by atoms with E-state index < -0.39 is 0 Å². The van der Waals surface area contributed by atoms with Gasteiger partial charge in [-0.05, 0) is 35.9 Å². The van der Waals surface area contributed by atoms with E-state index in [0.717, 1.165) is 45.2 Å². The van der Waals surface area contributed by atoms with E-state index in [1.54, 1.807) is 14.2 Å². The third-order valence-electron chi connectivity index (χ3n) is 4.17. The van der Waals surface area contributed by atoms with Crippen molar-refractivity contribution in [2.24, 2.45) is 4.99 Å². The summed E-state index contributed by atoms with van der Waals surface area (Å²) in [5, 5.41) is 9.28. The van der Waals surface area contributed by atoms with E-state index in [9.17, 15) is 0 Å². The van der Waals surface area contributed by atoms with Gasteiger partial charge in [-0.15, -0.1) is 0 Å². The summed E-state index contributed by atoms with van der Waals surface area (Å²) in [6.45, 7) is 4.45. The Labute approximate surface area is 151 Å². The maximum Gasteiger partial charge on any atom is 0.191 e. The first-order valence-corrected chi connectivity index (χ1v) is 8.82. The molecule has 0 aliphatic rings. The van der Waals surface area contributed by atoms with Crippen molar-refractivity contribution in [1.29, 1.82) is 0 Å². The predicted molar refractivity (Wildman–Crippen MR) is 106 cm³/mol. The molecule has 0 aromatic heterocycles. The number of rotatable bonds is 9. The molecule has 2 aromatic carbocycles. The smallest absolute Gasteiger partial charge is 0.191 e. The maximum absolute atomic E-state index is 5.08. The van der Waals surface area contributed by atoms with Crippen molar-refractivity contribution in [2.75, 3.05) is 47.4 Å². The zero-order valence-corrected chi connectivity index (χ0v) is 15.6. The molecule has 5 nitrogen and oxygen atoms in total. The fraction of sp³-hybridized carbons (Fsp3) is 0.450. The van der Waals surface area contributed by atoms with Crippen molar-refractivity contribution in [3.05, 3.63) is 48.0 Å². The summed E-state index contributed by atoms with van der Waals surface area (Å²) in [5.41, 5.74) is 1.25. The Hall–Kier alpha value is -2.11. The number of nitrogens with zero attached hydrogens (tertiary/aromatic N) is 2. The minimum absolute atomic E-state index is 0.758. The first-order valence-electron chi connectivity index (χ1n) is 8.82. The second-order valence-electron chi connectivity index (χ2n) is 6.18. The number of hydrogen-bond acceptors (Lipinski definition) is 3. The lowest BCUT2D eigenvalue weighted by molar-refractivity contribution is 0.180. The number of ether oxygens (including phenoxy) is 1. The average Bonchev–Trinajstić information content (AvgIpc) is 2.64. The number of guanidine groups is 1. The van der Waals surface area contributed by atoms with Crippen LogP contribution in [0.25, 0.3) is 10.8 Å². The minimum atomic E-state index is 0.758. The van der Waals surface area contributed by atoms with E-state index >= 15 is 0 Å². The highest BCUT2D eigenvalue weighted by Gasteiger charge is 2.02. The van der Waals surface area contributed by atoms with Crippen molar-refractivity contribution in [1.82, 2.24) is 15.5 Å². The molecule has 0 saturated carbocycles. The molecule has 0 spiro atoms. The summed E-state index contributed by atoms with van der Waals surface area (Å²) in [6, 6.07) is 15.0. The van der Waals surface area contributed by atoms with Crippen LogP contribution in [0.1, 0.15) is 12.0 Å². The summed E-state index contributed by atoms with van der Waals surface area (Å²) in [6.07, 6.45) is 1.06. The lowest BCUT2D eigenvalue weighted by Crippen LogP contribution is -2.40. The van der Waals surface area contributed by atoms with E-state index in [1.165, 1.54) is 16.3 Å². The van der Waals surface area contributed by atoms with Crippen LogP contribution in [0, 0.1) is 0 Å². The predicted octanol–water partition coefficient (Wildman–Crippen LogP) is 2.47. The van der Waals surface area contributed by atoms with Gasteiger partial charge in [0.2, 0.25) is 0 Å². The van der Waals surface area contributed by atoms with Crippen LogP contribution in [0.4, 0.5) is 0 Å². The quantitative estimate of drug-likeness (QED) is 0.418. The van der Waals surface area contributed by atoms with Crippen LogP contribution in [-0.2, 0) is 11.3 Å². The molecule has 5 heteroatoms. The van der Waals surface area contributed by atoms with Gasteiger partial charge in [-0.3, -0.25) is 4.99 Å². The normalized spacial score (nSPS) is 11.9. The molecular weight excluding hydrogens is 312 g/mol. The van der Waals surface area contributed by atoms with Crippen LogP contribution in [0.5, 0.6) is 0 Å². The fourth-order valence-corrected chi connectivity index (χ4v) is 2.71. The molecule has 0 unspecified atom stereocenters. The monoisotopic (exact) mass is 342 g/mol. The number of nitrogens with one attached hydrogen (secondary N) is 2. The van der Waals surface area contributed by atoms with Crippen LogP contribution >= 0.6 is 0 Å². The Morgan fingerprint density at radius 1 is 1.08 bits per heavy atom. The van der Waals surface area contributed by atoms with Crippen molar-refractivity contribution in [3.8, 4) is 0 Å². The largest absolute Gasteiger partial charge is 0.385 e. The number of likely N-dealkylation sites (N-methyl/N-ethyl adjacent to an activating group) is 1. The Balaban J connectivity index is 1.74. The fourth-order valence-electron chi connectivity index (χ4n) is 2.71. The van der Waals surface area contributed by atoms with E-state index in [0.29, 0.717) is 0 Å². The van der Waals surface area contributed by atoms with Crippen LogP contribution in [0.15, 0.2) is 47.5 Å². The third-order valence-corrected chi connectivity index (χ3v) is 4.17. The topological polar surface area (TPSA) is 48.9 Å². The third kappa shape index (κ3) is 6.72. The zero-order valence-electron chi connectivity index (χ0n) is 15.6. The molecule has 0 fully saturated rings. The SMILES string of the molecule is CN=C(NCCN(C)CCCOC)NCc1ccc2ccccc2c1. The molecule has 0 bridgehead atoms. The maximum atomic E-state index is 5.08. The van der Waals surface area contributed by atoms with Gasteiger partial charge in [0.15, 0.2) is 5.96 Å². The van der Waals surface area contributed by atoms with Gasteiger partial charge in [-0.1, -0.05) is 36.4 Å². The van der Waals surface area contributed by atoms with Gasteiger partial charge in [0, 0.05) is 46.9 Å². The molecule has 0 atom stereocenters. The second-order valence-corrected chi connectivity index (χ2v) is 6.18. The number of benzene rings is 2. The Kier molecular flexibility index (Phi) is 8.22. The van der Waals surface area contributed by atoms with Crippen LogP contribution in [0.3, 0.4) is 0 Å². The van der Waals surface area contributed by atoms with Crippen molar-refractivity contribution in [2.45, 2.75) is 13.0 Å². The molecule has 2 aromatic rings. The summed E-state index contributed by atoms with van der Waals surface area (Å²) < 4.78 is 5.08. The average molecular weight is 342 g/mol. The molecular formula is C20H30N4O. The van der Waals surface area contributed by atoms with E-state index in [-0.39, 0.29) is 0 Å². The lowest BCUT2D eigenvalue weighted by Gasteiger charge is -2.18. The molecule has 2 rings (SSSR count). The standard InChI is InChI=1S/C20H30N4O/c1-21-20(22-11-13-24(2)12-6-14-25-3)23-16-17-9-10-18-7-4-5-8-19(18)15-17/h4-5,7-10,15H,6,11-14,16H2,1-3H3,(H2,21,22,23). The first-order chi connectivity index (χ1) is 12.2. The van der Waals surface area contributed by atoms with Crippen molar-refractivity contribution < 1.29 is 4.74 Å². The van der Waals surface area contributed by atoms with Crippen LogP contribution in [-0.4, -0.2) is 58.3 Å². The highest BCUT2D eigenvalue weighted by atomic mass is 16.5. The van der Waals surface area contributed by atoms with Crippen LogP contribution in [0.2, 0.25) is 0 Å². The van der Waals surface area contributed by atoms with Gasteiger partial charge in [-0.2, -0.15) is 0 Å². The highest BCUT2D eigenvalue weighted by Crippen LogP contribution is 2.15. The molecule has 0 radical (unpaired) electrons. The van der Waals surface area contributed by atoms with Gasteiger partial charge >= 0.3 is 0 Å². The highest BCUT2D eigenvalue weighted by molar-refractivity contribution is 5.83. The minimum Gasteiger partial charge on any atom is -0.385 e. The lowest BCUT2D eigenvalue weighted by atomic mass is 10.1. The molecule has 0 saturated heterocycles. The molecule has 25 heavy (non-hydrogen) atoms. The number of fused-ring (bicyclic) bond motifs is 1. The Bertz CT molecular complexity index is 672. The van der Waals surface area contributed by atoms with E-state index in [4.69, 9.17) is 4.74 Å². The van der Waals surface area contributed by atoms with Crippen LogP contribution < -0.4 is 10.6 Å². The summed E-state index contributed by atoms with van der Waals surface area (Å²) >= 11 is 0. The van der Waals surface area contributed by atoms with Crippen molar-refractivity contribution >= 4 is 16.7 Å².